The van der Waals surface area contributed by atoms with Gasteiger partial charge >= 0.3 is 0 Å². The molecular weight excluding hydrogens is 146 g/mol. The van der Waals surface area contributed by atoms with Crippen LogP contribution in [0.4, 0.5) is 0 Å². The predicted molar refractivity (Wildman–Crippen MR) is 52.1 cm³/mol. The van der Waals surface area contributed by atoms with E-state index in [-0.39, 0.29) is 0 Å². The summed E-state index contributed by atoms with van der Waals surface area (Å²) in [6.07, 6.45) is 12.9. The van der Waals surface area contributed by atoms with Crippen LogP contribution < -0.4 is 5.32 Å². The lowest BCUT2D eigenvalue weighted by Crippen LogP contribution is -2.30. The Labute approximate surface area is 75.2 Å². The van der Waals surface area contributed by atoms with Crippen molar-refractivity contribution in [1.29, 1.82) is 0 Å². The molecule has 0 radical (unpaired) electrons. The van der Waals surface area contributed by atoms with Gasteiger partial charge in [-0.05, 0) is 38.1 Å². The average molecular weight is 165 g/mol. The summed E-state index contributed by atoms with van der Waals surface area (Å²) in [6, 6.07) is 0.786. The van der Waals surface area contributed by atoms with Crippen molar-refractivity contribution in [3.63, 3.8) is 0 Å². The topological polar surface area (TPSA) is 12.0 Å². The Kier molecular flexibility index (Phi) is 2.83. The molecule has 0 heterocycles. The standard InChI is InChI=1S/C11H19N/c1-2-4-11(5-3-1)12-9-8-10-6-7-10/h1-2,10-12H,3-9H2. The minimum absolute atomic E-state index is 0.786. The van der Waals surface area contributed by atoms with Gasteiger partial charge in [-0.2, -0.15) is 0 Å². The minimum atomic E-state index is 0.786. The van der Waals surface area contributed by atoms with E-state index in [4.69, 9.17) is 0 Å². The second-order valence-electron chi connectivity index (χ2n) is 4.17. The molecule has 1 fully saturated rings. The molecule has 0 aromatic rings. The number of nitrogens with one attached hydrogen (secondary N) is 1. The summed E-state index contributed by atoms with van der Waals surface area (Å²) in [6.45, 7) is 1.25. The Morgan fingerprint density at radius 1 is 1.17 bits per heavy atom. The second-order valence-corrected chi connectivity index (χ2v) is 4.17. The van der Waals surface area contributed by atoms with E-state index >= 15 is 0 Å². The van der Waals surface area contributed by atoms with Crippen LogP contribution >= 0.6 is 0 Å². The monoisotopic (exact) mass is 165 g/mol. The molecule has 0 bridgehead atoms. The molecule has 1 saturated carbocycles. The lowest BCUT2D eigenvalue weighted by atomic mass is 10.0. The largest absolute Gasteiger partial charge is 0.314 e. The van der Waals surface area contributed by atoms with E-state index in [9.17, 15) is 0 Å². The quantitative estimate of drug-likeness (QED) is 0.631. The Balaban J connectivity index is 1.55. The third-order valence-corrected chi connectivity index (χ3v) is 2.95. The van der Waals surface area contributed by atoms with Crippen LogP contribution in [0, 0.1) is 5.92 Å². The van der Waals surface area contributed by atoms with Crippen LogP contribution in [0.25, 0.3) is 0 Å². The first-order chi connectivity index (χ1) is 5.95. The van der Waals surface area contributed by atoms with Gasteiger partial charge in [0.2, 0.25) is 0 Å². The van der Waals surface area contributed by atoms with Gasteiger partial charge in [-0.25, -0.2) is 0 Å². The summed E-state index contributed by atoms with van der Waals surface area (Å²) in [5.41, 5.74) is 0. The fraction of sp³-hybridized carbons (Fsp3) is 0.818. The van der Waals surface area contributed by atoms with Gasteiger partial charge in [-0.1, -0.05) is 25.0 Å². The molecule has 2 aliphatic rings. The van der Waals surface area contributed by atoms with Crippen molar-refractivity contribution in [2.75, 3.05) is 6.54 Å². The van der Waals surface area contributed by atoms with Crippen molar-refractivity contribution in [1.82, 2.24) is 5.32 Å². The van der Waals surface area contributed by atoms with Crippen LogP contribution in [-0.4, -0.2) is 12.6 Å². The molecule has 1 N–H and O–H groups in total. The molecule has 12 heavy (non-hydrogen) atoms. The van der Waals surface area contributed by atoms with Gasteiger partial charge in [0.05, 0.1) is 0 Å². The number of hydrogen-bond acceptors (Lipinski definition) is 1. The van der Waals surface area contributed by atoms with E-state index in [0.29, 0.717) is 0 Å². The van der Waals surface area contributed by atoms with E-state index in [1.165, 1.54) is 45.1 Å². The number of hydrogen-bond donors (Lipinski definition) is 1. The van der Waals surface area contributed by atoms with Gasteiger partial charge < -0.3 is 5.32 Å². The van der Waals surface area contributed by atoms with Crippen molar-refractivity contribution in [2.24, 2.45) is 5.92 Å². The molecule has 2 rings (SSSR count). The molecule has 68 valence electrons. The van der Waals surface area contributed by atoms with E-state index in [0.717, 1.165) is 12.0 Å². The van der Waals surface area contributed by atoms with Gasteiger partial charge in [0.25, 0.3) is 0 Å². The summed E-state index contributed by atoms with van der Waals surface area (Å²) in [5, 5.41) is 3.64. The Hall–Kier alpha value is -0.300. The highest BCUT2D eigenvalue weighted by atomic mass is 14.9. The van der Waals surface area contributed by atoms with Crippen LogP contribution in [0.15, 0.2) is 12.2 Å². The molecule has 0 spiro atoms. The van der Waals surface area contributed by atoms with Crippen molar-refractivity contribution < 1.29 is 0 Å². The third kappa shape index (κ3) is 2.63. The molecular formula is C11H19N. The number of allylic oxidation sites excluding steroid dienone is 1. The van der Waals surface area contributed by atoms with E-state index in [1.54, 1.807) is 0 Å². The van der Waals surface area contributed by atoms with Crippen LogP contribution in [0.1, 0.15) is 38.5 Å². The molecule has 0 aliphatic heterocycles. The van der Waals surface area contributed by atoms with E-state index in [1.807, 2.05) is 0 Å². The first kappa shape index (κ1) is 8.31. The summed E-state index contributed by atoms with van der Waals surface area (Å²) >= 11 is 0. The minimum Gasteiger partial charge on any atom is -0.314 e. The summed E-state index contributed by atoms with van der Waals surface area (Å²) in [4.78, 5) is 0. The maximum atomic E-state index is 3.64. The molecule has 1 nitrogen and oxygen atoms in total. The SMILES string of the molecule is C1=CCC(NCCC2CC2)CC1. The van der Waals surface area contributed by atoms with Gasteiger partial charge in [-0.15, -0.1) is 0 Å². The highest BCUT2D eigenvalue weighted by Crippen LogP contribution is 2.31. The molecule has 1 heteroatoms. The van der Waals surface area contributed by atoms with Crippen molar-refractivity contribution >= 4 is 0 Å². The van der Waals surface area contributed by atoms with Crippen molar-refractivity contribution in [2.45, 2.75) is 44.6 Å². The molecule has 1 unspecified atom stereocenters. The Morgan fingerprint density at radius 2 is 2.08 bits per heavy atom. The highest BCUT2D eigenvalue weighted by molar-refractivity contribution is 4.93. The van der Waals surface area contributed by atoms with E-state index < -0.39 is 0 Å². The van der Waals surface area contributed by atoms with Crippen LogP contribution in [0.5, 0.6) is 0 Å². The molecule has 0 amide bonds. The van der Waals surface area contributed by atoms with Gasteiger partial charge in [-0.3, -0.25) is 0 Å². The predicted octanol–water partition coefficient (Wildman–Crippen LogP) is 2.48. The smallest absolute Gasteiger partial charge is 0.0104 e. The molecule has 1 atom stereocenters. The van der Waals surface area contributed by atoms with Crippen molar-refractivity contribution in [3.8, 4) is 0 Å². The van der Waals surface area contributed by atoms with E-state index in [2.05, 4.69) is 17.5 Å². The van der Waals surface area contributed by atoms with Crippen LogP contribution in [0.3, 0.4) is 0 Å². The zero-order valence-electron chi connectivity index (χ0n) is 7.76. The van der Waals surface area contributed by atoms with Crippen LogP contribution in [0.2, 0.25) is 0 Å². The molecule has 2 aliphatic carbocycles. The first-order valence-corrected chi connectivity index (χ1v) is 5.33. The maximum Gasteiger partial charge on any atom is 0.0104 e. The molecule has 0 aromatic heterocycles. The maximum absolute atomic E-state index is 3.64. The molecule has 0 aromatic carbocycles. The Morgan fingerprint density at radius 3 is 2.75 bits per heavy atom. The summed E-state index contributed by atoms with van der Waals surface area (Å²) < 4.78 is 0. The molecule has 0 saturated heterocycles. The van der Waals surface area contributed by atoms with Gasteiger partial charge in [0.1, 0.15) is 0 Å². The average Bonchev–Trinajstić information content (AvgIpc) is 2.90. The second kappa shape index (κ2) is 4.08. The third-order valence-electron chi connectivity index (χ3n) is 2.95. The van der Waals surface area contributed by atoms with Gasteiger partial charge in [0.15, 0.2) is 0 Å². The summed E-state index contributed by atoms with van der Waals surface area (Å²) in [5.74, 6) is 1.08. The van der Waals surface area contributed by atoms with Gasteiger partial charge in [0, 0.05) is 6.04 Å². The fourth-order valence-corrected chi connectivity index (χ4v) is 1.88. The van der Waals surface area contributed by atoms with Crippen LogP contribution in [-0.2, 0) is 0 Å². The fourth-order valence-electron chi connectivity index (χ4n) is 1.88. The Bertz CT molecular complexity index is 158. The lowest BCUT2D eigenvalue weighted by molar-refractivity contribution is 0.462. The lowest BCUT2D eigenvalue weighted by Gasteiger charge is -2.19. The first-order valence-electron chi connectivity index (χ1n) is 5.33. The van der Waals surface area contributed by atoms with Crippen molar-refractivity contribution in [3.05, 3.63) is 12.2 Å². The number of rotatable bonds is 4. The highest BCUT2D eigenvalue weighted by Gasteiger charge is 2.20. The zero-order valence-corrected chi connectivity index (χ0v) is 7.76. The zero-order chi connectivity index (χ0) is 8.23. The summed E-state index contributed by atoms with van der Waals surface area (Å²) in [7, 11) is 0. The normalized spacial score (nSPS) is 29.2.